The number of piperidine rings is 1. The molecule has 5 heteroatoms. The summed E-state index contributed by atoms with van der Waals surface area (Å²) in [6.07, 6.45) is 2.40. The van der Waals surface area contributed by atoms with Crippen molar-refractivity contribution in [1.82, 2.24) is 15.1 Å². The van der Waals surface area contributed by atoms with E-state index in [2.05, 4.69) is 53.3 Å². The molecule has 2 aromatic carbocycles. The van der Waals surface area contributed by atoms with Crippen molar-refractivity contribution in [2.45, 2.75) is 25.7 Å². The smallest absolute Gasteiger partial charge is 0.0992 e. The van der Waals surface area contributed by atoms with Crippen molar-refractivity contribution in [3.8, 4) is 17.3 Å². The van der Waals surface area contributed by atoms with Gasteiger partial charge in [0.05, 0.1) is 27.9 Å². The Morgan fingerprint density at radius 3 is 2.81 bits per heavy atom. The van der Waals surface area contributed by atoms with Crippen LogP contribution in [0, 0.1) is 18.3 Å². The van der Waals surface area contributed by atoms with Gasteiger partial charge in [0.1, 0.15) is 0 Å². The molecule has 136 valence electrons. The van der Waals surface area contributed by atoms with Crippen LogP contribution in [-0.4, -0.2) is 35.2 Å². The molecule has 1 saturated heterocycles. The fourth-order valence-corrected chi connectivity index (χ4v) is 4.33. The zero-order valence-electron chi connectivity index (χ0n) is 15.5. The maximum atomic E-state index is 9.05. The molecule has 0 spiro atoms. The second kappa shape index (κ2) is 7.26. The largest absolute Gasteiger partial charge is 0.306 e. The van der Waals surface area contributed by atoms with E-state index in [-0.39, 0.29) is 0 Å². The Hall–Kier alpha value is -2.48. The molecule has 0 N–H and O–H groups in total. The standard InChI is InChI=1S/C22H21ClN4/c1-14-17-6-3-7-18(16-5-4-10-27(2)13-16)22(17)26-25-21(14)19-9-8-15(12-24)11-20(19)23/h3,6-9,11,16H,4-5,10,13H2,1-2H3. The minimum Gasteiger partial charge on any atom is -0.306 e. The molecular weight excluding hydrogens is 356 g/mol. The minimum atomic E-state index is 0.491. The monoisotopic (exact) mass is 376 g/mol. The molecule has 1 fully saturated rings. The molecule has 27 heavy (non-hydrogen) atoms. The van der Waals surface area contributed by atoms with Crippen LogP contribution in [0.5, 0.6) is 0 Å². The highest BCUT2D eigenvalue weighted by atomic mass is 35.5. The number of likely N-dealkylation sites (tertiary alicyclic amines) is 1. The van der Waals surface area contributed by atoms with Crippen molar-refractivity contribution >= 4 is 22.5 Å². The molecule has 1 unspecified atom stereocenters. The molecule has 1 atom stereocenters. The summed E-state index contributed by atoms with van der Waals surface area (Å²) in [7, 11) is 2.18. The van der Waals surface area contributed by atoms with Crippen LogP contribution in [0.4, 0.5) is 0 Å². The highest BCUT2D eigenvalue weighted by molar-refractivity contribution is 6.33. The average molecular weight is 377 g/mol. The van der Waals surface area contributed by atoms with Crippen molar-refractivity contribution in [1.29, 1.82) is 5.26 Å². The van der Waals surface area contributed by atoms with Gasteiger partial charge in [0.25, 0.3) is 0 Å². The van der Waals surface area contributed by atoms with Gasteiger partial charge in [-0.2, -0.15) is 5.26 Å². The van der Waals surface area contributed by atoms with Gasteiger partial charge < -0.3 is 4.90 Å². The summed E-state index contributed by atoms with van der Waals surface area (Å²) in [5.74, 6) is 0.491. The third-order valence-electron chi connectivity index (χ3n) is 5.49. The Labute approximate surface area is 164 Å². The van der Waals surface area contributed by atoms with E-state index in [0.29, 0.717) is 16.5 Å². The van der Waals surface area contributed by atoms with Gasteiger partial charge in [0.15, 0.2) is 0 Å². The molecule has 0 amide bonds. The van der Waals surface area contributed by atoms with Gasteiger partial charge in [-0.25, -0.2) is 0 Å². The molecule has 1 aliphatic rings. The van der Waals surface area contributed by atoms with Crippen molar-refractivity contribution < 1.29 is 0 Å². The highest BCUT2D eigenvalue weighted by Gasteiger charge is 2.22. The molecule has 1 aliphatic heterocycles. The number of fused-ring (bicyclic) bond motifs is 1. The second-order valence-electron chi connectivity index (χ2n) is 7.32. The summed E-state index contributed by atoms with van der Waals surface area (Å²) in [4.78, 5) is 2.39. The number of rotatable bonds is 2. The van der Waals surface area contributed by atoms with Gasteiger partial charge >= 0.3 is 0 Å². The van der Waals surface area contributed by atoms with Gasteiger partial charge in [-0.3, -0.25) is 0 Å². The normalized spacial score (nSPS) is 17.8. The molecule has 0 saturated carbocycles. The topological polar surface area (TPSA) is 52.8 Å². The van der Waals surface area contributed by atoms with Crippen LogP contribution >= 0.6 is 11.6 Å². The third-order valence-corrected chi connectivity index (χ3v) is 5.81. The number of hydrogen-bond donors (Lipinski definition) is 0. The Morgan fingerprint density at radius 2 is 2.07 bits per heavy atom. The maximum Gasteiger partial charge on any atom is 0.0992 e. The van der Waals surface area contributed by atoms with Crippen LogP contribution in [0.2, 0.25) is 5.02 Å². The summed E-state index contributed by atoms with van der Waals surface area (Å²) in [5, 5.41) is 19.8. The molecule has 4 nitrogen and oxygen atoms in total. The Kier molecular flexibility index (Phi) is 4.82. The lowest BCUT2D eigenvalue weighted by Gasteiger charge is -2.30. The number of hydrogen-bond acceptors (Lipinski definition) is 4. The predicted molar refractivity (Wildman–Crippen MR) is 109 cm³/mol. The molecule has 3 aromatic rings. The van der Waals surface area contributed by atoms with Crippen molar-refractivity contribution in [2.24, 2.45) is 0 Å². The molecule has 0 bridgehead atoms. The number of benzene rings is 2. The first-order valence-corrected chi connectivity index (χ1v) is 9.60. The van der Waals surface area contributed by atoms with E-state index in [1.165, 1.54) is 18.4 Å². The first-order valence-electron chi connectivity index (χ1n) is 9.23. The lowest BCUT2D eigenvalue weighted by Crippen LogP contribution is -2.31. The van der Waals surface area contributed by atoms with Crippen molar-refractivity contribution in [3.63, 3.8) is 0 Å². The van der Waals surface area contributed by atoms with Gasteiger partial charge in [-0.1, -0.05) is 29.8 Å². The lowest BCUT2D eigenvalue weighted by molar-refractivity contribution is 0.251. The van der Waals surface area contributed by atoms with Crippen LogP contribution < -0.4 is 0 Å². The van der Waals surface area contributed by atoms with Crippen LogP contribution in [0.3, 0.4) is 0 Å². The van der Waals surface area contributed by atoms with E-state index in [9.17, 15) is 0 Å². The maximum absolute atomic E-state index is 9.05. The Bertz CT molecular complexity index is 1050. The van der Waals surface area contributed by atoms with Gasteiger partial charge in [-0.15, -0.1) is 10.2 Å². The van der Waals surface area contributed by atoms with E-state index in [4.69, 9.17) is 16.9 Å². The molecule has 1 aromatic heterocycles. The SMILES string of the molecule is Cc1c(-c2ccc(C#N)cc2Cl)nnc2c(C3CCCN(C)C3)cccc12. The zero-order valence-corrected chi connectivity index (χ0v) is 16.3. The molecule has 2 heterocycles. The van der Waals surface area contributed by atoms with E-state index in [1.54, 1.807) is 12.1 Å². The first-order chi connectivity index (χ1) is 13.1. The van der Waals surface area contributed by atoms with E-state index in [1.807, 2.05) is 6.07 Å². The molecule has 4 rings (SSSR count). The van der Waals surface area contributed by atoms with Gasteiger partial charge in [0, 0.05) is 17.5 Å². The van der Waals surface area contributed by atoms with Crippen molar-refractivity contribution in [2.75, 3.05) is 20.1 Å². The van der Waals surface area contributed by atoms with Crippen LogP contribution in [0.1, 0.15) is 35.4 Å². The quantitative estimate of drug-likeness (QED) is 0.635. The number of nitriles is 1. The Balaban J connectivity index is 1.83. The van der Waals surface area contributed by atoms with Crippen LogP contribution in [0.25, 0.3) is 22.2 Å². The third kappa shape index (κ3) is 3.29. The highest BCUT2D eigenvalue weighted by Crippen LogP contribution is 2.35. The fourth-order valence-electron chi connectivity index (χ4n) is 4.06. The number of aromatic nitrogens is 2. The van der Waals surface area contributed by atoms with Crippen molar-refractivity contribution in [3.05, 3.63) is 58.1 Å². The van der Waals surface area contributed by atoms with E-state index < -0.39 is 0 Å². The molecular formula is C22H21ClN4. The first kappa shape index (κ1) is 17.9. The number of nitrogens with zero attached hydrogens (tertiary/aromatic N) is 4. The summed E-state index contributed by atoms with van der Waals surface area (Å²) >= 11 is 6.41. The zero-order chi connectivity index (χ0) is 19.0. The number of aryl methyl sites for hydroxylation is 1. The summed E-state index contributed by atoms with van der Waals surface area (Å²) in [5.41, 5.74) is 5.47. The Morgan fingerprint density at radius 1 is 1.22 bits per heavy atom. The lowest BCUT2D eigenvalue weighted by atomic mass is 9.88. The fraction of sp³-hybridized carbons (Fsp3) is 0.318. The second-order valence-corrected chi connectivity index (χ2v) is 7.73. The van der Waals surface area contributed by atoms with Gasteiger partial charge in [0.2, 0.25) is 0 Å². The van der Waals surface area contributed by atoms with Gasteiger partial charge in [-0.05, 0) is 68.6 Å². The molecule has 0 radical (unpaired) electrons. The number of halogens is 1. The minimum absolute atomic E-state index is 0.491. The van der Waals surface area contributed by atoms with E-state index in [0.717, 1.165) is 40.8 Å². The van der Waals surface area contributed by atoms with Crippen LogP contribution in [-0.2, 0) is 0 Å². The number of likely N-dealkylation sites (N-methyl/N-ethyl adjacent to an activating group) is 1. The van der Waals surface area contributed by atoms with E-state index >= 15 is 0 Å². The average Bonchev–Trinajstić information content (AvgIpc) is 2.68. The summed E-state index contributed by atoms with van der Waals surface area (Å²) in [6, 6.07) is 13.8. The molecule has 0 aliphatic carbocycles. The summed E-state index contributed by atoms with van der Waals surface area (Å²) in [6.45, 7) is 4.29. The van der Waals surface area contributed by atoms with Crippen LogP contribution in [0.15, 0.2) is 36.4 Å². The summed E-state index contributed by atoms with van der Waals surface area (Å²) < 4.78 is 0. The predicted octanol–water partition coefficient (Wildman–Crippen LogP) is 4.94.